The van der Waals surface area contributed by atoms with Crippen LogP contribution in [0.15, 0.2) is 40.1 Å². The Balaban J connectivity index is 1.57. The number of hydrogen-bond donors (Lipinski definition) is 2. The van der Waals surface area contributed by atoms with Gasteiger partial charge in [0.1, 0.15) is 11.2 Å². The molecule has 3 aromatic rings. The summed E-state index contributed by atoms with van der Waals surface area (Å²) in [5.74, 6) is 0.820. The average Bonchev–Trinajstić information content (AvgIpc) is 3.30. The van der Waals surface area contributed by atoms with Crippen LogP contribution in [0.1, 0.15) is 29.6 Å². The number of methoxy groups -OCH3 is 1. The van der Waals surface area contributed by atoms with Gasteiger partial charge in [-0.3, -0.25) is 9.59 Å². The molecule has 1 aliphatic rings. The van der Waals surface area contributed by atoms with Crippen molar-refractivity contribution in [2.45, 2.75) is 25.7 Å². The second-order valence-corrected chi connectivity index (χ2v) is 9.02. The van der Waals surface area contributed by atoms with E-state index in [1.54, 1.807) is 12.1 Å². The van der Waals surface area contributed by atoms with Gasteiger partial charge < -0.3 is 23.8 Å². The fourth-order valence-corrected chi connectivity index (χ4v) is 4.60. The molecule has 10 nitrogen and oxygen atoms in total. The molecule has 0 amide bonds. The number of hydrogen-bond acceptors (Lipinski definition) is 9. The van der Waals surface area contributed by atoms with E-state index >= 15 is 0 Å². The predicted molar refractivity (Wildman–Crippen MR) is 119 cm³/mol. The minimum absolute atomic E-state index is 0.00778. The maximum atomic E-state index is 13.0. The molecule has 0 aromatic carbocycles. The topological polar surface area (TPSA) is 131 Å². The molecule has 170 valence electrons. The van der Waals surface area contributed by atoms with E-state index in [2.05, 4.69) is 15.0 Å². The zero-order chi connectivity index (χ0) is 22.7. The standard InChI is InChI=1S/C21H25N4O6P/c1-30-20-19-16(12-22-25(21(19)27)18(26)10-15-4-8-31-13-15)11-17(23-20)24-6-2-14(3-7-24)5-9-32(28)29/h4,8,11-14,28-29H,2-3,5-7,9-10H2,1H3. The highest BCUT2D eigenvalue weighted by Gasteiger charge is 2.23. The molecule has 0 unspecified atom stereocenters. The van der Waals surface area contributed by atoms with Gasteiger partial charge in [0.25, 0.3) is 11.5 Å². The molecule has 0 radical (unpaired) electrons. The molecule has 0 spiro atoms. The van der Waals surface area contributed by atoms with E-state index in [0.29, 0.717) is 28.8 Å². The van der Waals surface area contributed by atoms with Crippen LogP contribution in [-0.4, -0.2) is 56.8 Å². The first kappa shape index (κ1) is 22.4. The lowest BCUT2D eigenvalue weighted by molar-refractivity contribution is 0.0892. The van der Waals surface area contributed by atoms with Crippen LogP contribution in [0.4, 0.5) is 5.82 Å². The van der Waals surface area contributed by atoms with Crippen molar-refractivity contribution in [3.05, 3.63) is 46.8 Å². The maximum absolute atomic E-state index is 13.0. The number of carbonyl (C=O) groups is 1. The highest BCUT2D eigenvalue weighted by molar-refractivity contribution is 7.45. The molecule has 0 saturated carbocycles. The molecule has 4 heterocycles. The van der Waals surface area contributed by atoms with Crippen LogP contribution < -0.4 is 15.2 Å². The van der Waals surface area contributed by atoms with Crippen molar-refractivity contribution in [1.82, 2.24) is 14.8 Å². The summed E-state index contributed by atoms with van der Waals surface area (Å²) in [6, 6.07) is 3.45. The Morgan fingerprint density at radius 2 is 2.12 bits per heavy atom. The van der Waals surface area contributed by atoms with Gasteiger partial charge in [-0.05, 0) is 42.9 Å². The van der Waals surface area contributed by atoms with E-state index in [1.165, 1.54) is 25.8 Å². The predicted octanol–water partition coefficient (Wildman–Crippen LogP) is 2.18. The third-order valence-corrected chi connectivity index (χ3v) is 6.42. The van der Waals surface area contributed by atoms with Crippen molar-refractivity contribution >= 4 is 30.9 Å². The second kappa shape index (κ2) is 9.77. The lowest BCUT2D eigenvalue weighted by Crippen LogP contribution is -2.35. The van der Waals surface area contributed by atoms with Crippen LogP contribution in [0, 0.1) is 5.92 Å². The van der Waals surface area contributed by atoms with E-state index in [4.69, 9.17) is 18.9 Å². The lowest BCUT2D eigenvalue weighted by atomic mass is 9.94. The van der Waals surface area contributed by atoms with Gasteiger partial charge in [0.2, 0.25) is 5.88 Å². The molecule has 0 bridgehead atoms. The summed E-state index contributed by atoms with van der Waals surface area (Å²) in [6.07, 6.45) is 7.49. The van der Waals surface area contributed by atoms with E-state index in [9.17, 15) is 9.59 Å². The van der Waals surface area contributed by atoms with Crippen LogP contribution in [0.5, 0.6) is 5.88 Å². The van der Waals surface area contributed by atoms with Gasteiger partial charge in [0.15, 0.2) is 8.38 Å². The van der Waals surface area contributed by atoms with Crippen molar-refractivity contribution in [2.24, 2.45) is 5.92 Å². The summed E-state index contributed by atoms with van der Waals surface area (Å²) in [5.41, 5.74) is 0.0809. The van der Waals surface area contributed by atoms with Gasteiger partial charge in [-0.15, -0.1) is 0 Å². The summed E-state index contributed by atoms with van der Waals surface area (Å²) in [5, 5.41) is 4.84. The molecule has 1 fully saturated rings. The van der Waals surface area contributed by atoms with Crippen molar-refractivity contribution in [3.8, 4) is 5.88 Å². The van der Waals surface area contributed by atoms with Gasteiger partial charge in [-0.2, -0.15) is 14.8 Å². The fraction of sp³-hybridized carbons (Fsp3) is 0.429. The van der Waals surface area contributed by atoms with Crippen molar-refractivity contribution < 1.29 is 23.7 Å². The number of aromatic nitrogens is 3. The minimum atomic E-state index is -1.84. The molecular formula is C21H25N4O6P. The van der Waals surface area contributed by atoms with Crippen molar-refractivity contribution in [1.29, 1.82) is 0 Å². The second-order valence-electron chi connectivity index (χ2n) is 7.83. The van der Waals surface area contributed by atoms with E-state index < -0.39 is 19.8 Å². The molecule has 0 atom stereocenters. The quantitative estimate of drug-likeness (QED) is 0.509. The Labute approximate surface area is 185 Å². The van der Waals surface area contributed by atoms with Crippen LogP contribution in [0.3, 0.4) is 0 Å². The first-order chi connectivity index (χ1) is 15.5. The number of nitrogens with zero attached hydrogens (tertiary/aromatic N) is 4. The summed E-state index contributed by atoms with van der Waals surface area (Å²) in [4.78, 5) is 50.5. The number of ether oxygens (including phenoxy) is 1. The number of pyridine rings is 1. The largest absolute Gasteiger partial charge is 0.480 e. The molecule has 1 saturated heterocycles. The molecule has 1 aliphatic heterocycles. The van der Waals surface area contributed by atoms with E-state index in [0.717, 1.165) is 37.0 Å². The number of piperidine rings is 1. The van der Waals surface area contributed by atoms with Crippen LogP contribution in [-0.2, 0) is 6.42 Å². The molecule has 3 aromatic heterocycles. The van der Waals surface area contributed by atoms with Crippen LogP contribution >= 0.6 is 8.38 Å². The molecule has 11 heteroatoms. The third kappa shape index (κ3) is 4.82. The molecule has 4 rings (SSSR count). The monoisotopic (exact) mass is 460 g/mol. The third-order valence-electron chi connectivity index (χ3n) is 5.76. The normalized spacial score (nSPS) is 14.9. The van der Waals surface area contributed by atoms with Gasteiger partial charge >= 0.3 is 0 Å². The van der Waals surface area contributed by atoms with Gasteiger partial charge in [0, 0.05) is 24.6 Å². The number of fused-ring (bicyclic) bond motifs is 1. The summed E-state index contributed by atoms with van der Waals surface area (Å²) < 4.78 is 11.2. The Hall–Kier alpha value is -2.81. The van der Waals surface area contributed by atoms with E-state index in [1.807, 2.05) is 0 Å². The Bertz CT molecular complexity index is 1140. The SMILES string of the molecule is COc1nc(N2CCC(CCP(O)O)CC2)cc2cnn(C(=O)Cc3ccoc3)c(=O)c12. The number of anilines is 1. The molecule has 32 heavy (non-hydrogen) atoms. The van der Waals surface area contributed by atoms with Crippen molar-refractivity contribution in [2.75, 3.05) is 31.3 Å². The average molecular weight is 460 g/mol. The van der Waals surface area contributed by atoms with Crippen molar-refractivity contribution in [3.63, 3.8) is 0 Å². The first-order valence-electron chi connectivity index (χ1n) is 10.4. The van der Waals surface area contributed by atoms with Gasteiger partial charge in [-0.1, -0.05) is 0 Å². The number of rotatable bonds is 7. The van der Waals surface area contributed by atoms with Gasteiger partial charge in [-0.25, -0.2) is 0 Å². The maximum Gasteiger partial charge on any atom is 0.287 e. The lowest BCUT2D eigenvalue weighted by Gasteiger charge is -2.33. The molecule has 2 N–H and O–H groups in total. The van der Waals surface area contributed by atoms with E-state index in [-0.39, 0.29) is 17.7 Å². The smallest absolute Gasteiger partial charge is 0.287 e. The Morgan fingerprint density at radius 1 is 1.34 bits per heavy atom. The highest BCUT2D eigenvalue weighted by atomic mass is 31.2. The number of carbonyl (C=O) groups excluding carboxylic acids is 1. The zero-order valence-electron chi connectivity index (χ0n) is 17.7. The Kier molecular flexibility index (Phi) is 6.83. The summed E-state index contributed by atoms with van der Waals surface area (Å²) in [6.45, 7) is 1.55. The summed E-state index contributed by atoms with van der Waals surface area (Å²) in [7, 11) is -0.397. The number of furan rings is 1. The van der Waals surface area contributed by atoms with Crippen LogP contribution in [0.2, 0.25) is 0 Å². The van der Waals surface area contributed by atoms with Gasteiger partial charge in [0.05, 0.1) is 32.3 Å². The minimum Gasteiger partial charge on any atom is -0.480 e. The molecule has 0 aliphatic carbocycles. The fourth-order valence-electron chi connectivity index (χ4n) is 4.00. The molecular weight excluding hydrogens is 435 g/mol. The first-order valence-corrected chi connectivity index (χ1v) is 11.8. The summed E-state index contributed by atoms with van der Waals surface area (Å²) >= 11 is 0. The zero-order valence-corrected chi connectivity index (χ0v) is 18.6. The highest BCUT2D eigenvalue weighted by Crippen LogP contribution is 2.32. The Morgan fingerprint density at radius 3 is 2.78 bits per heavy atom. The van der Waals surface area contributed by atoms with Crippen LogP contribution in [0.25, 0.3) is 10.8 Å².